The van der Waals surface area contributed by atoms with Crippen LogP contribution in [0.4, 0.5) is 0 Å². The number of carboxylic acids is 1. The molecular formula is C9H11ClN2O3S. The molecule has 0 saturated carbocycles. The fraction of sp³-hybridized carbons (Fsp3) is 0.333. The first-order valence-corrected chi connectivity index (χ1v) is 5.42. The molecule has 2 atom stereocenters. The summed E-state index contributed by atoms with van der Waals surface area (Å²) in [5.74, 6) is -0.896. The van der Waals surface area contributed by atoms with Gasteiger partial charge in [0.15, 0.2) is 0 Å². The van der Waals surface area contributed by atoms with Crippen molar-refractivity contribution in [2.24, 2.45) is 5.73 Å². The van der Waals surface area contributed by atoms with Crippen molar-refractivity contribution in [1.82, 2.24) is 4.90 Å². The van der Waals surface area contributed by atoms with E-state index >= 15 is 0 Å². The second-order valence-electron chi connectivity index (χ2n) is 3.32. The van der Waals surface area contributed by atoms with Gasteiger partial charge in [0.25, 0.3) is 0 Å². The maximum atomic E-state index is 11.4. The van der Waals surface area contributed by atoms with Gasteiger partial charge in [-0.2, -0.15) is 0 Å². The molecule has 2 aliphatic rings. The molecular weight excluding hydrogens is 252 g/mol. The highest BCUT2D eigenvalue weighted by Crippen LogP contribution is 2.39. The number of allylic oxidation sites excluding steroid dienone is 1. The lowest BCUT2D eigenvalue weighted by Crippen LogP contribution is -2.68. The van der Waals surface area contributed by atoms with E-state index in [9.17, 15) is 9.59 Å². The minimum absolute atomic E-state index is 0. The highest BCUT2D eigenvalue weighted by Gasteiger charge is 2.51. The van der Waals surface area contributed by atoms with Crippen LogP contribution in [-0.4, -0.2) is 39.1 Å². The number of carbonyl (C=O) groups excluding carboxylic acids is 1. The molecule has 1 saturated heterocycles. The van der Waals surface area contributed by atoms with Crippen molar-refractivity contribution in [3.05, 3.63) is 23.9 Å². The average Bonchev–Trinajstić information content (AvgIpc) is 2.25. The Balaban J connectivity index is 0.00000128. The molecule has 88 valence electrons. The molecule has 0 spiro atoms. The molecule has 2 aliphatic heterocycles. The number of hydrogen-bond donors (Lipinski definition) is 2. The molecule has 2 heterocycles. The fourth-order valence-electron chi connectivity index (χ4n) is 1.70. The Hall–Kier alpha value is -0.980. The minimum Gasteiger partial charge on any atom is -0.477 e. The van der Waals surface area contributed by atoms with Gasteiger partial charge in [-0.1, -0.05) is 12.7 Å². The van der Waals surface area contributed by atoms with Gasteiger partial charge in [-0.25, -0.2) is 4.79 Å². The smallest absolute Gasteiger partial charge is 0.352 e. The van der Waals surface area contributed by atoms with Crippen molar-refractivity contribution in [1.29, 1.82) is 0 Å². The molecule has 0 aromatic heterocycles. The first-order valence-electron chi connectivity index (χ1n) is 4.37. The first-order chi connectivity index (χ1) is 7.07. The molecule has 1 amide bonds. The lowest BCUT2D eigenvalue weighted by Gasteiger charge is -2.47. The van der Waals surface area contributed by atoms with Gasteiger partial charge in [0.05, 0.1) is 0 Å². The number of aliphatic carboxylic acids is 1. The van der Waals surface area contributed by atoms with Crippen LogP contribution in [0.3, 0.4) is 0 Å². The number of fused-ring (bicyclic) bond motifs is 1. The summed E-state index contributed by atoms with van der Waals surface area (Å²) in [6.45, 7) is 3.54. The summed E-state index contributed by atoms with van der Waals surface area (Å²) in [6.07, 6.45) is 1.48. The lowest BCUT2D eigenvalue weighted by molar-refractivity contribution is -0.147. The Morgan fingerprint density at radius 2 is 2.31 bits per heavy atom. The fourth-order valence-corrected chi connectivity index (χ4v) is 2.98. The number of carbonyl (C=O) groups is 2. The number of amides is 1. The molecule has 0 radical (unpaired) electrons. The second-order valence-corrected chi connectivity index (χ2v) is 4.42. The number of β-lactam (4-membered cyclic amide) rings is 1. The quantitative estimate of drug-likeness (QED) is 0.694. The molecule has 1 fully saturated rings. The Morgan fingerprint density at radius 1 is 1.69 bits per heavy atom. The largest absolute Gasteiger partial charge is 0.477 e. The Kier molecular flexibility index (Phi) is 3.67. The number of thioether (sulfide) groups is 1. The number of nitrogens with zero attached hydrogens (tertiary/aromatic N) is 1. The molecule has 2 rings (SSSR count). The van der Waals surface area contributed by atoms with Crippen LogP contribution in [0, 0.1) is 0 Å². The van der Waals surface area contributed by atoms with E-state index in [-0.39, 0.29) is 29.4 Å². The number of nitrogens with two attached hydrogens (primary N) is 1. The van der Waals surface area contributed by atoms with Gasteiger partial charge in [0, 0.05) is 5.75 Å². The monoisotopic (exact) mass is 262 g/mol. The maximum Gasteiger partial charge on any atom is 0.352 e. The van der Waals surface area contributed by atoms with E-state index in [0.29, 0.717) is 11.3 Å². The highest BCUT2D eigenvalue weighted by molar-refractivity contribution is 8.00. The third-order valence-electron chi connectivity index (χ3n) is 2.49. The maximum absolute atomic E-state index is 11.4. The summed E-state index contributed by atoms with van der Waals surface area (Å²) in [5.41, 5.74) is 6.17. The van der Waals surface area contributed by atoms with Crippen molar-refractivity contribution >= 4 is 36.0 Å². The molecule has 1 unspecified atom stereocenters. The van der Waals surface area contributed by atoms with Crippen molar-refractivity contribution in [2.45, 2.75) is 11.4 Å². The van der Waals surface area contributed by atoms with Gasteiger partial charge in [-0.3, -0.25) is 9.69 Å². The number of hydrogen-bond acceptors (Lipinski definition) is 4. The molecule has 7 heteroatoms. The molecule has 0 aromatic rings. The third-order valence-corrected chi connectivity index (χ3v) is 3.81. The highest BCUT2D eigenvalue weighted by atomic mass is 35.5. The van der Waals surface area contributed by atoms with E-state index in [1.165, 1.54) is 22.7 Å². The molecule has 0 aromatic carbocycles. The SMILES string of the molecule is C=CC1=C(C(=O)O)N2C(=O)C(N)[C@@H]2SC1.Cl. The Morgan fingerprint density at radius 3 is 2.81 bits per heavy atom. The van der Waals surface area contributed by atoms with Crippen LogP contribution in [0.15, 0.2) is 23.9 Å². The summed E-state index contributed by atoms with van der Waals surface area (Å²) in [7, 11) is 0. The van der Waals surface area contributed by atoms with Crippen molar-refractivity contribution in [3.63, 3.8) is 0 Å². The molecule has 3 N–H and O–H groups in total. The van der Waals surface area contributed by atoms with Gasteiger partial charge in [0.2, 0.25) is 5.91 Å². The molecule has 16 heavy (non-hydrogen) atoms. The first kappa shape index (κ1) is 13.1. The van der Waals surface area contributed by atoms with E-state index < -0.39 is 12.0 Å². The summed E-state index contributed by atoms with van der Waals surface area (Å²) >= 11 is 1.47. The Bertz CT molecular complexity index is 396. The molecule has 0 bridgehead atoms. The molecule has 0 aliphatic carbocycles. The standard InChI is InChI=1S/C9H10N2O3S.ClH/c1-2-4-3-15-8-5(10)7(12)11(8)6(4)9(13)14;/h2,5,8H,1,3,10H2,(H,13,14);1H/t5?,8-;/m0./s1. The summed E-state index contributed by atoms with van der Waals surface area (Å²) < 4.78 is 0. The third kappa shape index (κ3) is 1.63. The van der Waals surface area contributed by atoms with Crippen molar-refractivity contribution in [2.75, 3.05) is 5.75 Å². The van der Waals surface area contributed by atoms with E-state index in [1.807, 2.05) is 0 Å². The van der Waals surface area contributed by atoms with Crippen molar-refractivity contribution < 1.29 is 14.7 Å². The summed E-state index contributed by atoms with van der Waals surface area (Å²) in [5, 5.41) is 8.79. The second kappa shape index (κ2) is 4.48. The van der Waals surface area contributed by atoms with Gasteiger partial charge >= 0.3 is 5.97 Å². The molecule has 5 nitrogen and oxygen atoms in total. The van der Waals surface area contributed by atoms with Crippen LogP contribution in [0.1, 0.15) is 0 Å². The summed E-state index contributed by atoms with van der Waals surface area (Å²) in [4.78, 5) is 23.7. The topological polar surface area (TPSA) is 83.6 Å². The zero-order valence-corrected chi connectivity index (χ0v) is 9.88. The van der Waals surface area contributed by atoms with Gasteiger partial charge in [-0.05, 0) is 5.57 Å². The zero-order chi connectivity index (χ0) is 11.2. The van der Waals surface area contributed by atoms with Gasteiger partial charge in [0.1, 0.15) is 17.1 Å². The van der Waals surface area contributed by atoms with E-state index in [1.54, 1.807) is 0 Å². The number of rotatable bonds is 2. The van der Waals surface area contributed by atoms with Crippen LogP contribution < -0.4 is 5.73 Å². The van der Waals surface area contributed by atoms with Crippen LogP contribution >= 0.6 is 24.2 Å². The number of carboxylic acid groups (broad SMARTS) is 1. The van der Waals surface area contributed by atoms with Gasteiger partial charge in [-0.15, -0.1) is 24.2 Å². The van der Waals surface area contributed by atoms with Gasteiger partial charge < -0.3 is 10.8 Å². The van der Waals surface area contributed by atoms with Crippen LogP contribution in [0.25, 0.3) is 0 Å². The lowest BCUT2D eigenvalue weighted by atomic mass is 10.0. The summed E-state index contributed by atoms with van der Waals surface area (Å²) in [6, 6.07) is -0.573. The van der Waals surface area contributed by atoms with Crippen LogP contribution in [-0.2, 0) is 9.59 Å². The van der Waals surface area contributed by atoms with E-state index in [0.717, 1.165) is 0 Å². The van der Waals surface area contributed by atoms with Crippen molar-refractivity contribution in [3.8, 4) is 0 Å². The zero-order valence-electron chi connectivity index (χ0n) is 8.25. The minimum atomic E-state index is -1.10. The van der Waals surface area contributed by atoms with E-state index in [4.69, 9.17) is 10.8 Å². The average molecular weight is 263 g/mol. The normalized spacial score (nSPS) is 27.8. The predicted octanol–water partition coefficient (Wildman–Crippen LogP) is 0.175. The van der Waals surface area contributed by atoms with Crippen LogP contribution in [0.2, 0.25) is 0 Å². The van der Waals surface area contributed by atoms with E-state index in [2.05, 4.69) is 6.58 Å². The number of halogens is 1. The van der Waals surface area contributed by atoms with Crippen LogP contribution in [0.5, 0.6) is 0 Å². The predicted molar refractivity (Wildman–Crippen MR) is 63.2 cm³/mol. The Labute approximate surface area is 103 Å².